The van der Waals surface area contributed by atoms with Crippen molar-refractivity contribution in [2.24, 2.45) is 0 Å². The molecule has 0 aliphatic rings. The van der Waals surface area contributed by atoms with E-state index in [1.54, 1.807) is 0 Å². The number of esters is 1. The van der Waals surface area contributed by atoms with E-state index in [-0.39, 0.29) is 12.5 Å². The van der Waals surface area contributed by atoms with Crippen LogP contribution in [0.2, 0.25) is 0 Å². The number of benzene rings is 1. The van der Waals surface area contributed by atoms with Crippen molar-refractivity contribution in [3.05, 3.63) is 28.5 Å². The van der Waals surface area contributed by atoms with Gasteiger partial charge < -0.3 is 14.8 Å². The van der Waals surface area contributed by atoms with Crippen LogP contribution in [0.15, 0.2) is 22.7 Å². The summed E-state index contributed by atoms with van der Waals surface area (Å²) in [6.07, 6.45) is -0.0852. The van der Waals surface area contributed by atoms with Crippen LogP contribution in [0, 0.1) is 5.82 Å². The fourth-order valence-electron chi connectivity index (χ4n) is 1.41. The van der Waals surface area contributed by atoms with Crippen molar-refractivity contribution >= 4 is 27.8 Å². The second kappa shape index (κ2) is 8.61. The first-order chi connectivity index (χ1) is 9.93. The number of ether oxygens (including phenoxy) is 2. The number of rotatable bonds is 7. The van der Waals surface area contributed by atoms with Crippen LogP contribution in [-0.4, -0.2) is 31.1 Å². The van der Waals surface area contributed by atoms with Gasteiger partial charge in [0.25, 0.3) is 5.91 Å². The minimum absolute atomic E-state index is 0.316. The lowest BCUT2D eigenvalue weighted by atomic mass is 10.3. The molecule has 0 heterocycles. The van der Waals surface area contributed by atoms with E-state index in [0.29, 0.717) is 16.8 Å². The van der Waals surface area contributed by atoms with Gasteiger partial charge in [0.1, 0.15) is 11.6 Å². The zero-order chi connectivity index (χ0) is 15.8. The second-order valence-electron chi connectivity index (χ2n) is 4.29. The van der Waals surface area contributed by atoms with Gasteiger partial charge in [-0.25, -0.2) is 9.18 Å². The van der Waals surface area contributed by atoms with Gasteiger partial charge in [-0.05, 0) is 47.5 Å². The van der Waals surface area contributed by atoms with E-state index >= 15 is 0 Å². The van der Waals surface area contributed by atoms with Crippen LogP contribution in [0.1, 0.15) is 20.3 Å². The Hall–Kier alpha value is -1.63. The molecule has 0 saturated heterocycles. The SMILES string of the molecule is CCCNC(=O)[C@H](C)OC(=O)COc1ccc(F)cc1Br. The number of hydrogen-bond acceptors (Lipinski definition) is 4. The first-order valence-corrected chi connectivity index (χ1v) is 7.28. The molecule has 0 radical (unpaired) electrons. The Bertz CT molecular complexity index is 510. The maximum Gasteiger partial charge on any atom is 0.344 e. The summed E-state index contributed by atoms with van der Waals surface area (Å²) in [5.41, 5.74) is 0. The topological polar surface area (TPSA) is 64.6 Å². The zero-order valence-electron chi connectivity index (χ0n) is 11.8. The summed E-state index contributed by atoms with van der Waals surface area (Å²) in [6.45, 7) is 3.57. The van der Waals surface area contributed by atoms with Gasteiger partial charge in [-0.2, -0.15) is 0 Å². The molecular weight excluding hydrogens is 345 g/mol. The van der Waals surface area contributed by atoms with E-state index in [0.717, 1.165) is 6.42 Å². The maximum absolute atomic E-state index is 12.9. The molecule has 0 aliphatic heterocycles. The average Bonchev–Trinajstić information content (AvgIpc) is 2.43. The highest BCUT2D eigenvalue weighted by molar-refractivity contribution is 9.10. The van der Waals surface area contributed by atoms with Crippen LogP contribution >= 0.6 is 15.9 Å². The smallest absolute Gasteiger partial charge is 0.344 e. The van der Waals surface area contributed by atoms with Crippen LogP contribution in [0.3, 0.4) is 0 Å². The summed E-state index contributed by atoms with van der Waals surface area (Å²) >= 11 is 3.12. The summed E-state index contributed by atoms with van der Waals surface area (Å²) in [4.78, 5) is 23.1. The largest absolute Gasteiger partial charge is 0.481 e. The van der Waals surface area contributed by atoms with Gasteiger partial charge in [-0.15, -0.1) is 0 Å². The molecule has 21 heavy (non-hydrogen) atoms. The first-order valence-electron chi connectivity index (χ1n) is 6.49. The molecule has 0 aliphatic carbocycles. The van der Waals surface area contributed by atoms with Gasteiger partial charge in [0.05, 0.1) is 4.47 Å². The van der Waals surface area contributed by atoms with E-state index < -0.39 is 17.9 Å². The summed E-state index contributed by atoms with van der Waals surface area (Å²) < 4.78 is 23.4. The highest BCUT2D eigenvalue weighted by Gasteiger charge is 2.17. The summed E-state index contributed by atoms with van der Waals surface area (Å²) in [7, 11) is 0. The molecule has 116 valence electrons. The van der Waals surface area contributed by atoms with Crippen LogP contribution < -0.4 is 10.1 Å². The predicted octanol–water partition coefficient (Wildman–Crippen LogP) is 2.42. The van der Waals surface area contributed by atoms with Gasteiger partial charge in [0.15, 0.2) is 12.7 Å². The summed E-state index contributed by atoms with van der Waals surface area (Å²) in [5, 5.41) is 2.62. The number of hydrogen-bond donors (Lipinski definition) is 1. The number of halogens is 2. The Labute approximate surface area is 130 Å². The number of amides is 1. The maximum atomic E-state index is 12.9. The molecular formula is C14H17BrFNO4. The molecule has 1 N–H and O–H groups in total. The van der Waals surface area contributed by atoms with E-state index in [4.69, 9.17) is 9.47 Å². The van der Waals surface area contributed by atoms with Gasteiger partial charge in [-0.3, -0.25) is 4.79 Å². The van der Waals surface area contributed by atoms with E-state index in [2.05, 4.69) is 21.2 Å². The van der Waals surface area contributed by atoms with Gasteiger partial charge in [0, 0.05) is 6.54 Å². The monoisotopic (exact) mass is 361 g/mol. The highest BCUT2D eigenvalue weighted by Crippen LogP contribution is 2.25. The molecule has 7 heteroatoms. The summed E-state index contributed by atoms with van der Waals surface area (Å²) in [6, 6.07) is 3.83. The van der Waals surface area contributed by atoms with Crippen molar-refractivity contribution in [2.45, 2.75) is 26.4 Å². The number of nitrogens with one attached hydrogen (secondary N) is 1. The Balaban J connectivity index is 2.41. The minimum atomic E-state index is -0.885. The normalized spacial score (nSPS) is 11.6. The quantitative estimate of drug-likeness (QED) is 0.757. The van der Waals surface area contributed by atoms with Crippen molar-refractivity contribution in [3.63, 3.8) is 0 Å². The highest BCUT2D eigenvalue weighted by atomic mass is 79.9. The molecule has 0 spiro atoms. The first kappa shape index (κ1) is 17.4. The second-order valence-corrected chi connectivity index (χ2v) is 5.14. The zero-order valence-corrected chi connectivity index (χ0v) is 13.4. The van der Waals surface area contributed by atoms with Crippen molar-refractivity contribution in [3.8, 4) is 5.75 Å². The molecule has 1 aromatic rings. The molecule has 1 atom stereocenters. The number of carbonyl (C=O) groups excluding carboxylic acids is 2. The third-order valence-corrected chi connectivity index (χ3v) is 3.09. The van der Waals surface area contributed by atoms with E-state index in [1.165, 1.54) is 25.1 Å². The predicted molar refractivity (Wildman–Crippen MR) is 78.4 cm³/mol. The van der Waals surface area contributed by atoms with Crippen LogP contribution in [0.25, 0.3) is 0 Å². The third kappa shape index (κ3) is 6.12. The average molecular weight is 362 g/mol. The molecule has 0 unspecified atom stereocenters. The Morgan fingerprint density at radius 2 is 2.14 bits per heavy atom. The van der Waals surface area contributed by atoms with Gasteiger partial charge in [-0.1, -0.05) is 6.92 Å². The van der Waals surface area contributed by atoms with Crippen molar-refractivity contribution in [1.29, 1.82) is 0 Å². The number of carbonyl (C=O) groups is 2. The van der Waals surface area contributed by atoms with E-state index in [1.807, 2.05) is 6.92 Å². The van der Waals surface area contributed by atoms with Crippen LogP contribution in [0.5, 0.6) is 5.75 Å². The summed E-state index contributed by atoms with van der Waals surface area (Å²) in [5.74, 6) is -1.13. The third-order valence-electron chi connectivity index (χ3n) is 2.47. The van der Waals surface area contributed by atoms with Gasteiger partial charge >= 0.3 is 5.97 Å². The van der Waals surface area contributed by atoms with E-state index in [9.17, 15) is 14.0 Å². The fourth-order valence-corrected chi connectivity index (χ4v) is 1.87. The Kier molecular flexibility index (Phi) is 7.14. The van der Waals surface area contributed by atoms with Crippen LogP contribution in [0.4, 0.5) is 4.39 Å². The Morgan fingerprint density at radius 3 is 2.76 bits per heavy atom. The van der Waals surface area contributed by atoms with Crippen LogP contribution in [-0.2, 0) is 14.3 Å². The van der Waals surface area contributed by atoms with Crippen molar-refractivity contribution in [2.75, 3.05) is 13.2 Å². The van der Waals surface area contributed by atoms with Gasteiger partial charge in [0.2, 0.25) is 0 Å². The van der Waals surface area contributed by atoms with Crippen molar-refractivity contribution < 1.29 is 23.5 Å². The molecule has 0 saturated carbocycles. The molecule has 0 fully saturated rings. The molecule has 0 bridgehead atoms. The molecule has 1 aromatic carbocycles. The molecule has 5 nitrogen and oxygen atoms in total. The minimum Gasteiger partial charge on any atom is -0.481 e. The lowest BCUT2D eigenvalue weighted by molar-refractivity contribution is -0.156. The molecule has 1 rings (SSSR count). The molecule has 1 amide bonds. The van der Waals surface area contributed by atoms with Crippen molar-refractivity contribution in [1.82, 2.24) is 5.32 Å². The lowest BCUT2D eigenvalue weighted by Crippen LogP contribution is -2.37. The fraction of sp³-hybridized carbons (Fsp3) is 0.429. The molecule has 0 aromatic heterocycles. The Morgan fingerprint density at radius 1 is 1.43 bits per heavy atom. The lowest BCUT2D eigenvalue weighted by Gasteiger charge is -2.13. The standard InChI is InChI=1S/C14H17BrFNO4/c1-3-6-17-14(19)9(2)21-13(18)8-20-12-5-4-10(16)7-11(12)15/h4-5,7,9H,3,6,8H2,1-2H3,(H,17,19)/t9-/m0/s1.